The molecule has 32 heavy (non-hydrogen) atoms. The number of hydrazine groups is 2. The van der Waals surface area contributed by atoms with Gasteiger partial charge in [-0.1, -0.05) is 6.92 Å². The van der Waals surface area contributed by atoms with Gasteiger partial charge < -0.3 is 14.5 Å². The molecule has 0 aliphatic rings. The second-order valence-corrected chi connectivity index (χ2v) is 6.70. The van der Waals surface area contributed by atoms with Gasteiger partial charge in [-0.3, -0.25) is 20.6 Å². The molecule has 0 fully saturated rings. The highest BCUT2D eigenvalue weighted by Crippen LogP contribution is 2.25. The van der Waals surface area contributed by atoms with Crippen LogP contribution in [-0.2, 0) is 6.54 Å². The number of ether oxygens (including phenoxy) is 1. The lowest BCUT2D eigenvalue weighted by Crippen LogP contribution is -2.43. The monoisotopic (exact) mass is 437 g/mol. The lowest BCUT2D eigenvalue weighted by Gasteiger charge is -2.10. The Balaban J connectivity index is 1.41. The fourth-order valence-electron chi connectivity index (χ4n) is 2.91. The van der Waals surface area contributed by atoms with E-state index in [0.717, 1.165) is 13.0 Å². The Morgan fingerprint density at radius 1 is 1.25 bits per heavy atom. The number of anilines is 2. The van der Waals surface area contributed by atoms with Crippen molar-refractivity contribution in [2.75, 3.05) is 17.9 Å². The SMILES string of the molecule is CCCn1cc(-c2n[nH]c(-c3ccco3)n2)c(NNNC(=O)Nc2ccc(OC)cc2)n1. The maximum atomic E-state index is 12.1. The summed E-state index contributed by atoms with van der Waals surface area (Å²) in [5, 5.41) is 14.3. The van der Waals surface area contributed by atoms with E-state index in [0.29, 0.717) is 40.2 Å². The summed E-state index contributed by atoms with van der Waals surface area (Å²) < 4.78 is 12.2. The Labute approximate surface area is 183 Å². The zero-order valence-electron chi connectivity index (χ0n) is 17.5. The van der Waals surface area contributed by atoms with Gasteiger partial charge in [0.05, 0.1) is 18.9 Å². The molecular weight excluding hydrogens is 414 g/mol. The summed E-state index contributed by atoms with van der Waals surface area (Å²) in [5.74, 6) is 2.67. The first-order valence-electron chi connectivity index (χ1n) is 9.92. The number of furan rings is 1. The van der Waals surface area contributed by atoms with Gasteiger partial charge in [-0.15, -0.1) is 5.53 Å². The molecule has 12 nitrogen and oxygen atoms in total. The van der Waals surface area contributed by atoms with Crippen LogP contribution in [0.1, 0.15) is 13.3 Å². The molecule has 0 aliphatic carbocycles. The van der Waals surface area contributed by atoms with Gasteiger partial charge in [0.2, 0.25) is 0 Å². The number of methoxy groups -OCH3 is 1. The maximum absolute atomic E-state index is 12.1. The summed E-state index contributed by atoms with van der Waals surface area (Å²) in [6.45, 7) is 2.77. The lowest BCUT2D eigenvalue weighted by molar-refractivity contribution is 0.249. The average molecular weight is 437 g/mol. The molecule has 2 amide bonds. The largest absolute Gasteiger partial charge is 0.497 e. The van der Waals surface area contributed by atoms with Crippen molar-refractivity contribution in [1.82, 2.24) is 35.9 Å². The molecule has 0 radical (unpaired) electrons. The molecule has 4 rings (SSSR count). The van der Waals surface area contributed by atoms with E-state index in [1.54, 1.807) is 54.5 Å². The van der Waals surface area contributed by atoms with E-state index < -0.39 is 6.03 Å². The number of nitrogens with zero attached hydrogens (tertiary/aromatic N) is 4. The number of benzene rings is 1. The molecule has 12 heteroatoms. The Hall–Kier alpha value is -4.32. The van der Waals surface area contributed by atoms with Crippen LogP contribution in [0.25, 0.3) is 23.0 Å². The van der Waals surface area contributed by atoms with Gasteiger partial charge >= 0.3 is 6.03 Å². The first-order valence-corrected chi connectivity index (χ1v) is 9.92. The van der Waals surface area contributed by atoms with E-state index in [1.165, 1.54) is 0 Å². The molecule has 4 aromatic rings. The summed E-state index contributed by atoms with van der Waals surface area (Å²) >= 11 is 0. The normalized spacial score (nSPS) is 10.7. The molecule has 0 unspecified atom stereocenters. The Morgan fingerprint density at radius 2 is 2.09 bits per heavy atom. The highest BCUT2D eigenvalue weighted by molar-refractivity contribution is 5.89. The van der Waals surface area contributed by atoms with Crippen molar-refractivity contribution in [1.29, 1.82) is 0 Å². The predicted molar refractivity (Wildman–Crippen MR) is 118 cm³/mol. The van der Waals surface area contributed by atoms with Crippen LogP contribution in [-0.4, -0.2) is 38.1 Å². The van der Waals surface area contributed by atoms with Crippen LogP contribution in [0.2, 0.25) is 0 Å². The maximum Gasteiger partial charge on any atom is 0.334 e. The smallest absolute Gasteiger partial charge is 0.334 e. The number of rotatable bonds is 9. The fourth-order valence-corrected chi connectivity index (χ4v) is 2.91. The van der Waals surface area contributed by atoms with E-state index in [9.17, 15) is 4.79 Å². The van der Waals surface area contributed by atoms with Crippen LogP contribution in [0.4, 0.5) is 16.3 Å². The zero-order valence-corrected chi connectivity index (χ0v) is 17.5. The number of carbonyl (C=O) groups excluding carboxylic acids is 1. The number of hydrogen-bond donors (Lipinski definition) is 5. The molecule has 0 saturated heterocycles. The first kappa shape index (κ1) is 20.9. The van der Waals surface area contributed by atoms with Crippen LogP contribution in [0.3, 0.4) is 0 Å². The van der Waals surface area contributed by atoms with Crippen molar-refractivity contribution in [2.45, 2.75) is 19.9 Å². The number of aryl methyl sites for hydroxylation is 1. The van der Waals surface area contributed by atoms with Crippen molar-refractivity contribution in [3.05, 3.63) is 48.9 Å². The van der Waals surface area contributed by atoms with E-state index in [2.05, 4.69) is 48.9 Å². The molecule has 0 spiro atoms. The van der Waals surface area contributed by atoms with E-state index in [-0.39, 0.29) is 0 Å². The van der Waals surface area contributed by atoms with E-state index in [4.69, 9.17) is 9.15 Å². The minimum atomic E-state index is -0.463. The molecule has 5 N–H and O–H groups in total. The zero-order chi connectivity index (χ0) is 22.3. The molecule has 0 atom stereocenters. The third-order valence-electron chi connectivity index (χ3n) is 4.40. The number of carbonyl (C=O) groups is 1. The number of aromatic nitrogens is 5. The molecule has 0 saturated carbocycles. The first-order chi connectivity index (χ1) is 15.7. The number of aromatic amines is 1. The Morgan fingerprint density at radius 3 is 2.81 bits per heavy atom. The number of H-pyrrole nitrogens is 1. The lowest BCUT2D eigenvalue weighted by atomic mass is 10.3. The van der Waals surface area contributed by atoms with Crippen molar-refractivity contribution >= 4 is 17.5 Å². The van der Waals surface area contributed by atoms with Crippen molar-refractivity contribution < 1.29 is 13.9 Å². The summed E-state index contributed by atoms with van der Waals surface area (Å²) in [6.07, 6.45) is 4.30. The second-order valence-electron chi connectivity index (χ2n) is 6.70. The third kappa shape index (κ3) is 4.87. The topological polar surface area (TPSA) is 147 Å². The Kier molecular flexibility index (Phi) is 6.32. The minimum Gasteiger partial charge on any atom is -0.497 e. The summed E-state index contributed by atoms with van der Waals surface area (Å²) in [7, 11) is 1.58. The number of nitrogens with one attached hydrogen (secondary N) is 5. The van der Waals surface area contributed by atoms with Crippen molar-refractivity contribution in [3.63, 3.8) is 0 Å². The highest BCUT2D eigenvalue weighted by Gasteiger charge is 2.17. The predicted octanol–water partition coefficient (Wildman–Crippen LogP) is 3.00. The van der Waals surface area contributed by atoms with Gasteiger partial charge in [-0.05, 0) is 42.8 Å². The number of hydrogen-bond acceptors (Lipinski definition) is 8. The summed E-state index contributed by atoms with van der Waals surface area (Å²) in [6, 6.07) is 10.1. The third-order valence-corrected chi connectivity index (χ3v) is 4.40. The molecule has 1 aromatic carbocycles. The van der Waals surface area contributed by atoms with Gasteiger partial charge in [0.1, 0.15) is 5.75 Å². The Bertz CT molecular complexity index is 1150. The number of urea groups is 1. The fraction of sp³-hybridized carbons (Fsp3) is 0.200. The minimum absolute atomic E-state index is 0.436. The quantitative estimate of drug-likeness (QED) is 0.251. The van der Waals surface area contributed by atoms with Gasteiger partial charge in [-0.2, -0.15) is 10.2 Å². The standard InChI is InChI=1S/C20H23N9O3/c1-3-10-29-12-15(17-22-19(24-23-17)16-5-4-11-32-16)18(27-29)25-28-26-20(30)21-13-6-8-14(31-2)9-7-13/h4-9,11-12,28H,3,10H2,1-2H3,(H,25,27)(H2,21,26,30)(H,22,23,24). The van der Waals surface area contributed by atoms with Gasteiger partial charge in [0.25, 0.3) is 0 Å². The van der Waals surface area contributed by atoms with Crippen LogP contribution in [0.5, 0.6) is 5.75 Å². The molecule has 3 aromatic heterocycles. The summed E-state index contributed by atoms with van der Waals surface area (Å²) in [4.78, 5) is 16.6. The molecule has 0 aliphatic heterocycles. The molecule has 166 valence electrons. The van der Waals surface area contributed by atoms with Gasteiger partial charge in [-0.25, -0.2) is 9.78 Å². The van der Waals surface area contributed by atoms with Crippen LogP contribution >= 0.6 is 0 Å². The average Bonchev–Trinajstić information content (AvgIpc) is 3.55. The van der Waals surface area contributed by atoms with Crippen LogP contribution < -0.4 is 26.4 Å². The van der Waals surface area contributed by atoms with E-state index in [1.807, 2.05) is 6.20 Å². The van der Waals surface area contributed by atoms with Crippen LogP contribution in [0, 0.1) is 0 Å². The number of amides is 2. The molecule has 3 heterocycles. The molecule has 0 bridgehead atoms. The van der Waals surface area contributed by atoms with Gasteiger partial charge in [0.15, 0.2) is 23.2 Å². The molecular formula is C20H23N9O3. The van der Waals surface area contributed by atoms with E-state index >= 15 is 0 Å². The van der Waals surface area contributed by atoms with Crippen molar-refractivity contribution in [2.24, 2.45) is 0 Å². The highest BCUT2D eigenvalue weighted by atomic mass is 16.5. The van der Waals surface area contributed by atoms with Gasteiger partial charge in [0, 0.05) is 18.4 Å². The summed E-state index contributed by atoms with van der Waals surface area (Å²) in [5.41, 5.74) is 9.29. The van der Waals surface area contributed by atoms with Crippen molar-refractivity contribution in [3.8, 4) is 28.7 Å². The van der Waals surface area contributed by atoms with Crippen LogP contribution in [0.15, 0.2) is 53.3 Å². The second kappa shape index (κ2) is 9.66.